The fourth-order valence-electron chi connectivity index (χ4n) is 2.07. The second kappa shape index (κ2) is 4.26. The van der Waals surface area contributed by atoms with Gasteiger partial charge in [-0.15, -0.1) is 0 Å². The minimum atomic E-state index is -0.651. The van der Waals surface area contributed by atoms with Crippen LogP contribution in [0.3, 0.4) is 0 Å². The van der Waals surface area contributed by atoms with Gasteiger partial charge in [0.1, 0.15) is 10.8 Å². The van der Waals surface area contributed by atoms with Crippen LogP contribution in [0.1, 0.15) is 42.4 Å². The lowest BCUT2D eigenvalue weighted by molar-refractivity contribution is -0.142. The third kappa shape index (κ3) is 2.34. The molecule has 1 aromatic heterocycles. The fraction of sp³-hybridized carbons (Fsp3) is 0.700. The molecule has 4 nitrogen and oxygen atoms in total. The van der Waals surface area contributed by atoms with Gasteiger partial charge in [-0.3, -0.25) is 4.79 Å². The number of carboxylic acids is 1. The van der Waals surface area contributed by atoms with Gasteiger partial charge >= 0.3 is 5.97 Å². The lowest BCUT2D eigenvalue weighted by Gasteiger charge is -2.23. The molecule has 0 amide bonds. The maximum atomic E-state index is 10.8. The van der Waals surface area contributed by atoms with E-state index in [4.69, 9.17) is 5.11 Å². The predicted molar refractivity (Wildman–Crippen MR) is 57.0 cm³/mol. The third-order valence-corrected chi connectivity index (χ3v) is 3.94. The van der Waals surface area contributed by atoms with Gasteiger partial charge in [-0.05, 0) is 44.1 Å². The van der Waals surface area contributed by atoms with E-state index in [0.717, 1.165) is 36.5 Å². The SMILES string of the molecule is Cc1nsc(C2CCC(C(=O)O)CC2)n1. The molecule has 1 aromatic rings. The molecule has 1 aliphatic carbocycles. The van der Waals surface area contributed by atoms with Crippen LogP contribution in [0.4, 0.5) is 0 Å². The van der Waals surface area contributed by atoms with Gasteiger partial charge in [0.15, 0.2) is 0 Å². The van der Waals surface area contributed by atoms with E-state index >= 15 is 0 Å². The van der Waals surface area contributed by atoms with Gasteiger partial charge in [-0.2, -0.15) is 4.37 Å². The Balaban J connectivity index is 1.96. The smallest absolute Gasteiger partial charge is 0.306 e. The van der Waals surface area contributed by atoms with Crippen LogP contribution in [0.15, 0.2) is 0 Å². The fourth-order valence-corrected chi connectivity index (χ4v) is 2.89. The normalized spacial score (nSPS) is 26.5. The van der Waals surface area contributed by atoms with Crippen LogP contribution in [-0.4, -0.2) is 20.4 Å². The third-order valence-electron chi connectivity index (χ3n) is 2.97. The largest absolute Gasteiger partial charge is 0.481 e. The molecule has 2 rings (SSSR count). The first kappa shape index (κ1) is 10.5. The Labute approximate surface area is 92.5 Å². The number of carboxylic acid groups (broad SMARTS) is 1. The average Bonchev–Trinajstić information content (AvgIpc) is 2.65. The first-order valence-electron chi connectivity index (χ1n) is 5.20. The van der Waals surface area contributed by atoms with Gasteiger partial charge in [0, 0.05) is 5.92 Å². The molecule has 1 fully saturated rings. The Kier molecular flexibility index (Phi) is 3.00. The standard InChI is InChI=1S/C10H14N2O2S/c1-6-11-9(15-12-6)7-2-4-8(5-3-7)10(13)14/h7-8H,2-5H2,1H3,(H,13,14). The monoisotopic (exact) mass is 226 g/mol. The van der Waals surface area contributed by atoms with Crippen LogP contribution in [-0.2, 0) is 4.79 Å². The zero-order chi connectivity index (χ0) is 10.8. The molecule has 5 heteroatoms. The van der Waals surface area contributed by atoms with Crippen molar-refractivity contribution in [2.45, 2.75) is 38.5 Å². The van der Waals surface area contributed by atoms with Gasteiger partial charge < -0.3 is 5.11 Å². The average molecular weight is 226 g/mol. The number of nitrogens with zero attached hydrogens (tertiary/aromatic N) is 2. The quantitative estimate of drug-likeness (QED) is 0.839. The van der Waals surface area contributed by atoms with Crippen molar-refractivity contribution in [2.75, 3.05) is 0 Å². The first-order valence-corrected chi connectivity index (χ1v) is 5.97. The molecule has 0 unspecified atom stereocenters. The van der Waals surface area contributed by atoms with Gasteiger partial charge in [-0.1, -0.05) is 0 Å². The highest BCUT2D eigenvalue weighted by Gasteiger charge is 2.28. The Morgan fingerprint density at radius 3 is 2.53 bits per heavy atom. The van der Waals surface area contributed by atoms with Crippen LogP contribution in [0.5, 0.6) is 0 Å². The van der Waals surface area contributed by atoms with Crippen LogP contribution in [0.2, 0.25) is 0 Å². The summed E-state index contributed by atoms with van der Waals surface area (Å²) < 4.78 is 4.16. The van der Waals surface area contributed by atoms with Crippen molar-refractivity contribution in [2.24, 2.45) is 5.92 Å². The van der Waals surface area contributed by atoms with Crippen LogP contribution < -0.4 is 0 Å². The van der Waals surface area contributed by atoms with E-state index in [0.29, 0.717) is 5.92 Å². The van der Waals surface area contributed by atoms with Crippen molar-refractivity contribution in [3.8, 4) is 0 Å². The summed E-state index contributed by atoms with van der Waals surface area (Å²) >= 11 is 1.46. The number of carbonyl (C=O) groups is 1. The molecule has 1 N–H and O–H groups in total. The van der Waals surface area contributed by atoms with E-state index < -0.39 is 5.97 Å². The summed E-state index contributed by atoms with van der Waals surface area (Å²) in [7, 11) is 0. The highest BCUT2D eigenvalue weighted by molar-refractivity contribution is 7.05. The van der Waals surface area contributed by atoms with E-state index in [1.165, 1.54) is 11.5 Å². The number of aromatic nitrogens is 2. The highest BCUT2D eigenvalue weighted by atomic mass is 32.1. The van der Waals surface area contributed by atoms with Crippen LogP contribution in [0.25, 0.3) is 0 Å². The zero-order valence-corrected chi connectivity index (χ0v) is 9.46. The number of aliphatic carboxylic acids is 1. The minimum Gasteiger partial charge on any atom is -0.481 e. The molecule has 82 valence electrons. The van der Waals surface area contributed by atoms with Gasteiger partial charge in [0.25, 0.3) is 0 Å². The second-order valence-corrected chi connectivity index (χ2v) is 4.85. The van der Waals surface area contributed by atoms with Gasteiger partial charge in [-0.25, -0.2) is 4.98 Å². The summed E-state index contributed by atoms with van der Waals surface area (Å²) in [5, 5.41) is 9.95. The molecule has 0 radical (unpaired) electrons. The molecule has 0 aliphatic heterocycles. The highest BCUT2D eigenvalue weighted by Crippen LogP contribution is 2.36. The topological polar surface area (TPSA) is 63.1 Å². The number of hydrogen-bond donors (Lipinski definition) is 1. The number of hydrogen-bond acceptors (Lipinski definition) is 4. The molecule has 0 aromatic carbocycles. The van der Waals surface area contributed by atoms with E-state index in [-0.39, 0.29) is 5.92 Å². The van der Waals surface area contributed by atoms with Crippen molar-refractivity contribution in [1.82, 2.24) is 9.36 Å². The minimum absolute atomic E-state index is 0.143. The summed E-state index contributed by atoms with van der Waals surface area (Å²) in [6.07, 6.45) is 3.43. The summed E-state index contributed by atoms with van der Waals surface area (Å²) in [6.45, 7) is 1.89. The summed E-state index contributed by atoms with van der Waals surface area (Å²) in [5.74, 6) is 0.472. The molecule has 1 aliphatic rings. The summed E-state index contributed by atoms with van der Waals surface area (Å²) in [6, 6.07) is 0. The lowest BCUT2D eigenvalue weighted by atomic mass is 9.82. The number of rotatable bonds is 2. The molecule has 1 saturated carbocycles. The van der Waals surface area contributed by atoms with Crippen molar-refractivity contribution in [3.05, 3.63) is 10.8 Å². The van der Waals surface area contributed by atoms with E-state index in [1.54, 1.807) is 0 Å². The zero-order valence-electron chi connectivity index (χ0n) is 8.64. The molecular formula is C10H14N2O2S. The molecule has 15 heavy (non-hydrogen) atoms. The van der Waals surface area contributed by atoms with E-state index in [9.17, 15) is 4.79 Å². The van der Waals surface area contributed by atoms with Gasteiger partial charge in [0.2, 0.25) is 0 Å². The van der Waals surface area contributed by atoms with E-state index in [2.05, 4.69) is 9.36 Å². The number of aryl methyl sites for hydroxylation is 1. The van der Waals surface area contributed by atoms with Crippen LogP contribution >= 0.6 is 11.5 Å². The molecule has 0 saturated heterocycles. The molecule has 1 heterocycles. The Morgan fingerprint density at radius 1 is 1.40 bits per heavy atom. The van der Waals surface area contributed by atoms with Gasteiger partial charge in [0.05, 0.1) is 5.92 Å². The Hall–Kier alpha value is -0.970. The molecule has 0 spiro atoms. The van der Waals surface area contributed by atoms with Crippen LogP contribution in [0, 0.1) is 12.8 Å². The Bertz CT molecular complexity index is 356. The molecule has 0 bridgehead atoms. The molecular weight excluding hydrogens is 212 g/mol. The van der Waals surface area contributed by atoms with Crippen molar-refractivity contribution < 1.29 is 9.90 Å². The predicted octanol–water partition coefficient (Wildman–Crippen LogP) is 2.20. The van der Waals surface area contributed by atoms with Crippen molar-refractivity contribution in [3.63, 3.8) is 0 Å². The van der Waals surface area contributed by atoms with Crippen molar-refractivity contribution >= 4 is 17.5 Å². The molecule has 0 atom stereocenters. The lowest BCUT2D eigenvalue weighted by Crippen LogP contribution is -2.20. The second-order valence-electron chi connectivity index (χ2n) is 4.07. The maximum Gasteiger partial charge on any atom is 0.306 e. The Morgan fingerprint density at radius 2 is 2.07 bits per heavy atom. The first-order chi connectivity index (χ1) is 7.16. The summed E-state index contributed by atoms with van der Waals surface area (Å²) in [5.41, 5.74) is 0. The summed E-state index contributed by atoms with van der Waals surface area (Å²) in [4.78, 5) is 15.1. The maximum absolute atomic E-state index is 10.8. The van der Waals surface area contributed by atoms with E-state index in [1.807, 2.05) is 6.92 Å². The van der Waals surface area contributed by atoms with Crippen molar-refractivity contribution in [1.29, 1.82) is 0 Å².